The Morgan fingerprint density at radius 1 is 1.16 bits per heavy atom. The third kappa shape index (κ3) is 6.33. The lowest BCUT2D eigenvalue weighted by Gasteiger charge is -2.16. The van der Waals surface area contributed by atoms with Crippen LogP contribution in [0.15, 0.2) is 47.4 Å². The van der Waals surface area contributed by atoms with Crippen molar-refractivity contribution in [3.05, 3.63) is 69.4 Å². The minimum Gasteiger partial charge on any atom is -0.437 e. The molecule has 1 heterocycles. The number of non-ortho nitro benzene ring substituents is 1. The van der Waals surface area contributed by atoms with Gasteiger partial charge in [0.25, 0.3) is 11.6 Å². The normalized spacial score (nSPS) is 12.2. The third-order valence-corrected chi connectivity index (χ3v) is 7.31. The number of nitro groups is 1. The number of amides is 1. The van der Waals surface area contributed by atoms with Crippen molar-refractivity contribution in [2.45, 2.75) is 58.4 Å². The maximum absolute atomic E-state index is 13.2. The van der Waals surface area contributed by atoms with Crippen LogP contribution >= 0.6 is 0 Å². The summed E-state index contributed by atoms with van der Waals surface area (Å²) < 4.78 is 36.4. The summed E-state index contributed by atoms with van der Waals surface area (Å²) in [6, 6.07) is 10.2. The highest BCUT2D eigenvalue weighted by Gasteiger charge is 2.28. The minimum absolute atomic E-state index is 0.111. The number of aryl methyl sites for hydroxylation is 1. The van der Waals surface area contributed by atoms with Gasteiger partial charge in [-0.3, -0.25) is 14.9 Å². The maximum atomic E-state index is 13.2. The third-order valence-electron chi connectivity index (χ3n) is 5.70. The average Bonchev–Trinajstić information content (AvgIpc) is 3.18. The Morgan fingerprint density at radius 2 is 1.84 bits per heavy atom. The van der Waals surface area contributed by atoms with Crippen LogP contribution in [-0.4, -0.2) is 41.6 Å². The van der Waals surface area contributed by atoms with E-state index in [9.17, 15) is 23.3 Å². The second-order valence-electron chi connectivity index (χ2n) is 8.70. The summed E-state index contributed by atoms with van der Waals surface area (Å²) in [5.74, 6) is -0.428. The average molecular weight is 530 g/mol. The molecule has 1 atom stereocenters. The summed E-state index contributed by atoms with van der Waals surface area (Å²) in [5, 5.41) is 18.7. The molecule has 2 aromatic carbocycles. The second-order valence-corrected chi connectivity index (χ2v) is 10.4. The van der Waals surface area contributed by atoms with E-state index in [4.69, 9.17) is 4.74 Å². The molecule has 0 aliphatic heterocycles. The smallest absolute Gasteiger partial charge is 0.272 e. The monoisotopic (exact) mass is 529 g/mol. The number of hydrogen-bond acceptors (Lipinski definition) is 7. The Balaban J connectivity index is 2.19. The lowest BCUT2D eigenvalue weighted by Crippen LogP contribution is -2.32. The fraction of sp³-hybridized carbons (Fsp3) is 0.360. The maximum Gasteiger partial charge on any atom is 0.272 e. The van der Waals surface area contributed by atoms with Gasteiger partial charge in [-0.1, -0.05) is 31.5 Å². The van der Waals surface area contributed by atoms with Crippen molar-refractivity contribution in [3.8, 4) is 17.3 Å². The molecule has 0 bridgehead atoms. The topological polar surface area (TPSA) is 145 Å². The number of ether oxygens (including phenoxy) is 1. The molecular weight excluding hydrogens is 498 g/mol. The van der Waals surface area contributed by atoms with Gasteiger partial charge in [0, 0.05) is 30.3 Å². The van der Waals surface area contributed by atoms with E-state index in [0.717, 1.165) is 24.1 Å². The molecule has 0 radical (unpaired) electrons. The highest BCUT2D eigenvalue weighted by molar-refractivity contribution is 7.89. The van der Waals surface area contributed by atoms with Crippen molar-refractivity contribution >= 4 is 21.6 Å². The predicted octanol–water partition coefficient (Wildman–Crippen LogP) is 4.41. The molecule has 1 aromatic heterocycles. The highest BCUT2D eigenvalue weighted by atomic mass is 32.2. The fourth-order valence-electron chi connectivity index (χ4n) is 3.42. The number of rotatable bonds is 11. The molecule has 0 aliphatic rings. The standard InChI is InChI=1S/C25H31N5O6S/c1-6-14-26-24(31)23-18(5)25(29(27-23)19-10-8-16(3)9-11-19)36-21-13-12-20(30(32)33)15-22(21)37(34,35)28-17(4)7-2/h8-13,15,17,28H,6-7,14H2,1-5H3,(H,26,31)/t17-/m1/s1. The number of aromatic nitrogens is 2. The summed E-state index contributed by atoms with van der Waals surface area (Å²) in [6.45, 7) is 9.46. The number of benzene rings is 2. The summed E-state index contributed by atoms with van der Waals surface area (Å²) in [4.78, 5) is 23.1. The van der Waals surface area contributed by atoms with E-state index in [1.165, 1.54) is 10.7 Å². The number of carbonyl (C=O) groups is 1. The molecule has 37 heavy (non-hydrogen) atoms. The van der Waals surface area contributed by atoms with Crippen LogP contribution < -0.4 is 14.8 Å². The molecule has 11 nitrogen and oxygen atoms in total. The van der Waals surface area contributed by atoms with Crippen LogP contribution in [0.5, 0.6) is 11.6 Å². The zero-order chi connectivity index (χ0) is 27.3. The molecule has 3 aromatic rings. The van der Waals surface area contributed by atoms with Gasteiger partial charge in [-0.2, -0.15) is 9.78 Å². The van der Waals surface area contributed by atoms with Crippen LogP contribution in [0.25, 0.3) is 5.69 Å². The molecule has 0 spiro atoms. The quantitative estimate of drug-likeness (QED) is 0.276. The van der Waals surface area contributed by atoms with Gasteiger partial charge in [0.2, 0.25) is 15.9 Å². The summed E-state index contributed by atoms with van der Waals surface area (Å²) in [6.07, 6.45) is 1.25. The van der Waals surface area contributed by atoms with Crippen molar-refractivity contribution in [2.24, 2.45) is 0 Å². The van der Waals surface area contributed by atoms with Gasteiger partial charge in [-0.15, -0.1) is 0 Å². The summed E-state index contributed by atoms with van der Waals surface area (Å²) in [7, 11) is -4.18. The minimum atomic E-state index is -4.18. The number of nitrogens with zero attached hydrogens (tertiary/aromatic N) is 3. The molecular formula is C25H31N5O6S. The number of sulfonamides is 1. The van der Waals surface area contributed by atoms with Crippen molar-refractivity contribution in [2.75, 3.05) is 6.54 Å². The van der Waals surface area contributed by atoms with Crippen LogP contribution in [0.2, 0.25) is 0 Å². The van der Waals surface area contributed by atoms with Crippen molar-refractivity contribution in [1.29, 1.82) is 0 Å². The first-order valence-corrected chi connectivity index (χ1v) is 13.4. The van der Waals surface area contributed by atoms with Crippen molar-refractivity contribution < 1.29 is 22.9 Å². The first-order valence-electron chi connectivity index (χ1n) is 11.9. The van der Waals surface area contributed by atoms with Gasteiger partial charge in [-0.25, -0.2) is 13.1 Å². The van der Waals surface area contributed by atoms with Crippen LogP contribution in [0.3, 0.4) is 0 Å². The van der Waals surface area contributed by atoms with Gasteiger partial charge < -0.3 is 10.1 Å². The number of hydrogen-bond donors (Lipinski definition) is 2. The van der Waals surface area contributed by atoms with E-state index >= 15 is 0 Å². The van der Waals surface area contributed by atoms with E-state index < -0.39 is 37.5 Å². The Bertz CT molecular complexity index is 1400. The molecule has 1 amide bonds. The Morgan fingerprint density at radius 3 is 2.43 bits per heavy atom. The van der Waals surface area contributed by atoms with Gasteiger partial charge in [0.05, 0.1) is 10.6 Å². The zero-order valence-corrected chi connectivity index (χ0v) is 22.3. The van der Waals surface area contributed by atoms with Crippen LogP contribution in [0, 0.1) is 24.0 Å². The first kappa shape index (κ1) is 27.8. The largest absolute Gasteiger partial charge is 0.437 e. The predicted molar refractivity (Wildman–Crippen MR) is 139 cm³/mol. The molecule has 0 fully saturated rings. The lowest BCUT2D eigenvalue weighted by atomic mass is 10.2. The van der Waals surface area contributed by atoms with Crippen molar-refractivity contribution in [3.63, 3.8) is 0 Å². The summed E-state index contributed by atoms with van der Waals surface area (Å²) >= 11 is 0. The Hall–Kier alpha value is -3.77. The highest BCUT2D eigenvalue weighted by Crippen LogP contribution is 2.35. The van der Waals surface area contributed by atoms with Gasteiger partial charge >= 0.3 is 0 Å². The van der Waals surface area contributed by atoms with Gasteiger partial charge in [0.1, 0.15) is 10.6 Å². The lowest BCUT2D eigenvalue weighted by molar-refractivity contribution is -0.385. The zero-order valence-electron chi connectivity index (χ0n) is 21.4. The van der Waals surface area contributed by atoms with E-state index in [2.05, 4.69) is 15.1 Å². The van der Waals surface area contributed by atoms with Gasteiger partial charge in [0.15, 0.2) is 5.69 Å². The summed E-state index contributed by atoms with van der Waals surface area (Å²) in [5.41, 5.74) is 1.69. The molecule has 0 unspecified atom stereocenters. The Kier molecular flexibility index (Phi) is 8.66. The van der Waals surface area contributed by atoms with Crippen LogP contribution in [0.1, 0.15) is 55.2 Å². The van der Waals surface area contributed by atoms with E-state index in [1.807, 2.05) is 32.9 Å². The second kappa shape index (κ2) is 11.5. The molecule has 0 aliphatic carbocycles. The molecule has 198 valence electrons. The molecule has 2 N–H and O–H groups in total. The molecule has 3 rings (SSSR count). The van der Waals surface area contributed by atoms with E-state index in [-0.39, 0.29) is 17.3 Å². The fourth-order valence-corrected chi connectivity index (χ4v) is 4.89. The van der Waals surface area contributed by atoms with Crippen molar-refractivity contribution in [1.82, 2.24) is 19.8 Å². The molecule has 12 heteroatoms. The number of carbonyl (C=O) groups excluding carboxylic acids is 1. The Labute approximate surface area is 216 Å². The number of nitrogens with one attached hydrogen (secondary N) is 2. The first-order chi connectivity index (χ1) is 17.5. The van der Waals surface area contributed by atoms with Gasteiger partial charge in [-0.05, 0) is 51.8 Å². The molecule has 0 saturated heterocycles. The van der Waals surface area contributed by atoms with Crippen LogP contribution in [-0.2, 0) is 10.0 Å². The van der Waals surface area contributed by atoms with Crippen LogP contribution in [0.4, 0.5) is 5.69 Å². The molecule has 0 saturated carbocycles. The SMILES string of the molecule is CCCNC(=O)c1nn(-c2ccc(C)cc2)c(Oc2ccc([N+](=O)[O-])cc2S(=O)(=O)N[C@H](C)CC)c1C. The van der Waals surface area contributed by atoms with E-state index in [0.29, 0.717) is 24.2 Å². The van der Waals surface area contributed by atoms with E-state index in [1.54, 1.807) is 26.0 Å². The number of nitro benzene ring substituents is 1.